The number of piperidine rings is 1. The number of nitrogens with one attached hydrogen (secondary N) is 1. The van der Waals surface area contributed by atoms with E-state index in [2.05, 4.69) is 5.32 Å². The SMILES string of the molecule is CCOC(=O)c1ccc(CNC(=O)N2CCCC(C)(O)C2)cc1. The van der Waals surface area contributed by atoms with Crippen LogP contribution in [0, 0.1) is 0 Å². The minimum absolute atomic E-state index is 0.181. The zero-order chi connectivity index (χ0) is 16.9. The number of carbonyl (C=O) groups is 2. The quantitative estimate of drug-likeness (QED) is 0.831. The van der Waals surface area contributed by atoms with E-state index in [-0.39, 0.29) is 12.0 Å². The summed E-state index contributed by atoms with van der Waals surface area (Å²) in [5.74, 6) is -0.348. The number of hydrogen-bond acceptors (Lipinski definition) is 4. The highest BCUT2D eigenvalue weighted by Crippen LogP contribution is 2.20. The molecule has 1 aromatic carbocycles. The number of ether oxygens (including phenoxy) is 1. The first-order valence-corrected chi connectivity index (χ1v) is 7.92. The van der Waals surface area contributed by atoms with E-state index < -0.39 is 5.60 Å². The third-order valence-electron chi connectivity index (χ3n) is 3.87. The van der Waals surface area contributed by atoms with Crippen molar-refractivity contribution in [3.63, 3.8) is 0 Å². The molecule has 1 fully saturated rings. The summed E-state index contributed by atoms with van der Waals surface area (Å²) in [5, 5.41) is 12.9. The first kappa shape index (κ1) is 17.3. The smallest absolute Gasteiger partial charge is 0.338 e. The van der Waals surface area contributed by atoms with Crippen molar-refractivity contribution in [1.82, 2.24) is 10.2 Å². The maximum absolute atomic E-state index is 12.1. The number of nitrogens with zero attached hydrogens (tertiary/aromatic N) is 1. The number of carbonyl (C=O) groups excluding carboxylic acids is 2. The summed E-state index contributed by atoms with van der Waals surface area (Å²) in [6.45, 7) is 5.24. The molecule has 2 amide bonds. The van der Waals surface area contributed by atoms with Crippen molar-refractivity contribution in [2.24, 2.45) is 0 Å². The highest BCUT2D eigenvalue weighted by Gasteiger charge is 2.30. The number of amides is 2. The van der Waals surface area contributed by atoms with Crippen LogP contribution in [0.25, 0.3) is 0 Å². The van der Waals surface area contributed by atoms with Gasteiger partial charge in [-0.3, -0.25) is 0 Å². The van der Waals surface area contributed by atoms with Crippen LogP contribution >= 0.6 is 0 Å². The van der Waals surface area contributed by atoms with Gasteiger partial charge in [-0.1, -0.05) is 12.1 Å². The summed E-state index contributed by atoms with van der Waals surface area (Å²) in [6, 6.07) is 6.77. The molecule has 6 heteroatoms. The molecule has 0 aliphatic carbocycles. The van der Waals surface area contributed by atoms with E-state index >= 15 is 0 Å². The van der Waals surface area contributed by atoms with Crippen LogP contribution in [-0.4, -0.2) is 47.3 Å². The number of β-amino-alcohol motifs (C(OH)–C–C–N with tert-alkyl or cyclic N) is 1. The Hall–Kier alpha value is -2.08. The van der Waals surface area contributed by atoms with Gasteiger partial charge in [0.25, 0.3) is 0 Å². The predicted molar refractivity (Wildman–Crippen MR) is 86.1 cm³/mol. The normalized spacial score (nSPS) is 20.9. The van der Waals surface area contributed by atoms with Crippen LogP contribution in [0.2, 0.25) is 0 Å². The lowest BCUT2D eigenvalue weighted by Gasteiger charge is -2.36. The molecular formula is C17H24N2O4. The van der Waals surface area contributed by atoms with Gasteiger partial charge < -0.3 is 20.1 Å². The number of hydrogen-bond donors (Lipinski definition) is 2. The van der Waals surface area contributed by atoms with Gasteiger partial charge in [-0.25, -0.2) is 9.59 Å². The topological polar surface area (TPSA) is 78.9 Å². The van der Waals surface area contributed by atoms with Gasteiger partial charge in [-0.05, 0) is 44.4 Å². The lowest BCUT2D eigenvalue weighted by atomic mass is 9.95. The second-order valence-electron chi connectivity index (χ2n) is 6.10. The third kappa shape index (κ3) is 4.96. The largest absolute Gasteiger partial charge is 0.462 e. The van der Waals surface area contributed by atoms with E-state index in [1.807, 2.05) is 0 Å². The van der Waals surface area contributed by atoms with Crippen molar-refractivity contribution in [3.8, 4) is 0 Å². The van der Waals surface area contributed by atoms with Crippen molar-refractivity contribution < 1.29 is 19.4 Å². The minimum atomic E-state index is -0.809. The molecule has 1 aliphatic rings. The van der Waals surface area contributed by atoms with E-state index in [1.54, 1.807) is 43.0 Å². The molecule has 1 aromatic rings. The van der Waals surface area contributed by atoms with Crippen LogP contribution < -0.4 is 5.32 Å². The Labute approximate surface area is 136 Å². The van der Waals surface area contributed by atoms with Gasteiger partial charge in [0.05, 0.1) is 24.3 Å². The Morgan fingerprint density at radius 1 is 1.35 bits per heavy atom. The molecule has 1 heterocycles. The van der Waals surface area contributed by atoms with E-state index in [1.165, 1.54) is 0 Å². The minimum Gasteiger partial charge on any atom is -0.462 e. The zero-order valence-corrected chi connectivity index (χ0v) is 13.7. The van der Waals surface area contributed by atoms with Crippen molar-refractivity contribution in [2.75, 3.05) is 19.7 Å². The van der Waals surface area contributed by atoms with Crippen molar-refractivity contribution in [1.29, 1.82) is 0 Å². The molecule has 0 radical (unpaired) electrons. The maximum atomic E-state index is 12.1. The summed E-state index contributed by atoms with van der Waals surface area (Å²) in [7, 11) is 0. The van der Waals surface area contributed by atoms with Crippen LogP contribution in [0.1, 0.15) is 42.6 Å². The Morgan fingerprint density at radius 3 is 2.65 bits per heavy atom. The van der Waals surface area contributed by atoms with E-state index in [4.69, 9.17) is 4.74 Å². The van der Waals surface area contributed by atoms with Crippen LogP contribution in [0.15, 0.2) is 24.3 Å². The second kappa shape index (κ2) is 7.46. The molecule has 0 spiro atoms. The molecule has 1 atom stereocenters. The Kier molecular flexibility index (Phi) is 5.60. The van der Waals surface area contributed by atoms with Gasteiger partial charge in [-0.2, -0.15) is 0 Å². The number of urea groups is 1. The van der Waals surface area contributed by atoms with Gasteiger partial charge in [0.1, 0.15) is 0 Å². The van der Waals surface area contributed by atoms with Crippen LogP contribution in [0.3, 0.4) is 0 Å². The lowest BCUT2D eigenvalue weighted by molar-refractivity contribution is -0.00253. The molecule has 1 aliphatic heterocycles. The van der Waals surface area contributed by atoms with Gasteiger partial charge in [0.2, 0.25) is 0 Å². The molecule has 6 nitrogen and oxygen atoms in total. The van der Waals surface area contributed by atoms with Crippen LogP contribution in [-0.2, 0) is 11.3 Å². The predicted octanol–water partition coefficient (Wildman–Crippen LogP) is 1.92. The highest BCUT2D eigenvalue weighted by molar-refractivity contribution is 5.89. The molecule has 0 saturated carbocycles. The van der Waals surface area contributed by atoms with Gasteiger partial charge in [0, 0.05) is 13.1 Å². The Bertz CT molecular complexity index is 554. The fourth-order valence-corrected chi connectivity index (χ4v) is 2.66. The van der Waals surface area contributed by atoms with Gasteiger partial charge in [0.15, 0.2) is 0 Å². The molecular weight excluding hydrogens is 296 g/mol. The molecule has 1 unspecified atom stereocenters. The molecule has 0 aromatic heterocycles. The number of likely N-dealkylation sites (tertiary alicyclic amines) is 1. The second-order valence-corrected chi connectivity index (χ2v) is 6.10. The van der Waals surface area contributed by atoms with Gasteiger partial charge >= 0.3 is 12.0 Å². The summed E-state index contributed by atoms with van der Waals surface area (Å²) >= 11 is 0. The number of esters is 1. The number of aliphatic hydroxyl groups is 1. The van der Waals surface area contributed by atoms with Gasteiger partial charge in [-0.15, -0.1) is 0 Å². The number of benzene rings is 1. The van der Waals surface area contributed by atoms with Crippen LogP contribution in [0.4, 0.5) is 4.79 Å². The highest BCUT2D eigenvalue weighted by atomic mass is 16.5. The molecule has 2 N–H and O–H groups in total. The molecule has 0 bridgehead atoms. The van der Waals surface area contributed by atoms with Crippen molar-refractivity contribution >= 4 is 12.0 Å². The maximum Gasteiger partial charge on any atom is 0.338 e. The monoisotopic (exact) mass is 320 g/mol. The van der Waals surface area contributed by atoms with Crippen molar-refractivity contribution in [2.45, 2.75) is 38.8 Å². The first-order valence-electron chi connectivity index (χ1n) is 7.92. The summed E-state index contributed by atoms with van der Waals surface area (Å²) in [4.78, 5) is 25.4. The average molecular weight is 320 g/mol. The lowest BCUT2D eigenvalue weighted by Crippen LogP contribution is -2.51. The average Bonchev–Trinajstić information content (AvgIpc) is 2.52. The summed E-state index contributed by atoms with van der Waals surface area (Å²) < 4.78 is 4.93. The van der Waals surface area contributed by atoms with E-state index in [9.17, 15) is 14.7 Å². The third-order valence-corrected chi connectivity index (χ3v) is 3.87. The fraction of sp³-hybridized carbons (Fsp3) is 0.529. The Morgan fingerprint density at radius 2 is 2.04 bits per heavy atom. The first-order chi connectivity index (χ1) is 10.9. The summed E-state index contributed by atoms with van der Waals surface area (Å²) in [6.07, 6.45) is 1.51. The Balaban J connectivity index is 1.85. The molecule has 2 rings (SSSR count). The van der Waals surface area contributed by atoms with E-state index in [0.29, 0.717) is 38.2 Å². The zero-order valence-electron chi connectivity index (χ0n) is 13.7. The molecule has 126 valence electrons. The van der Waals surface area contributed by atoms with Crippen molar-refractivity contribution in [3.05, 3.63) is 35.4 Å². The number of rotatable bonds is 4. The molecule has 23 heavy (non-hydrogen) atoms. The molecule has 1 saturated heterocycles. The standard InChI is InChI=1S/C17H24N2O4/c1-3-23-15(20)14-7-5-13(6-8-14)11-18-16(21)19-10-4-9-17(2,22)12-19/h5-8,22H,3-4,9-12H2,1-2H3,(H,18,21). The van der Waals surface area contributed by atoms with E-state index in [0.717, 1.165) is 12.0 Å². The fourth-order valence-electron chi connectivity index (χ4n) is 2.66. The van der Waals surface area contributed by atoms with Crippen LogP contribution in [0.5, 0.6) is 0 Å². The summed E-state index contributed by atoms with van der Waals surface area (Å²) in [5.41, 5.74) is 0.584.